The highest BCUT2D eigenvalue weighted by molar-refractivity contribution is 5.76. The molecule has 138 valence electrons. The van der Waals surface area contributed by atoms with E-state index >= 15 is 0 Å². The fourth-order valence-electron chi connectivity index (χ4n) is 3.53. The smallest absolute Gasteiger partial charge is 0.223 e. The molecule has 5 nitrogen and oxygen atoms in total. The maximum atomic E-state index is 12.6. The summed E-state index contributed by atoms with van der Waals surface area (Å²) in [6.07, 6.45) is 9.55. The van der Waals surface area contributed by atoms with E-state index in [1.807, 2.05) is 4.90 Å². The van der Waals surface area contributed by atoms with Gasteiger partial charge in [-0.1, -0.05) is 30.3 Å². The minimum absolute atomic E-state index is 0.233. The Kier molecular flexibility index (Phi) is 6.72. The molecule has 1 atom stereocenters. The Morgan fingerprint density at radius 3 is 2.85 bits per heavy atom. The molecule has 5 heteroatoms. The Bertz CT molecular complexity index is 677. The number of amides is 1. The third kappa shape index (κ3) is 5.36. The summed E-state index contributed by atoms with van der Waals surface area (Å²) in [5, 5.41) is 0. The lowest BCUT2D eigenvalue weighted by atomic mass is 10.0. The van der Waals surface area contributed by atoms with Crippen molar-refractivity contribution in [1.82, 2.24) is 19.8 Å². The summed E-state index contributed by atoms with van der Waals surface area (Å²) in [7, 11) is 2.18. The molecule has 0 radical (unpaired) electrons. The van der Waals surface area contributed by atoms with Crippen LogP contribution in [0.5, 0.6) is 0 Å². The molecule has 0 spiro atoms. The fraction of sp³-hybridized carbons (Fsp3) is 0.476. The van der Waals surface area contributed by atoms with E-state index in [9.17, 15) is 4.79 Å². The molecule has 0 saturated carbocycles. The second-order valence-corrected chi connectivity index (χ2v) is 7.05. The Hall–Kier alpha value is -2.27. The summed E-state index contributed by atoms with van der Waals surface area (Å²) >= 11 is 0. The number of likely N-dealkylation sites (tertiary alicyclic amines) is 1. The molecule has 2 aromatic rings. The van der Waals surface area contributed by atoms with Crippen LogP contribution in [0.3, 0.4) is 0 Å². The van der Waals surface area contributed by atoms with E-state index in [2.05, 4.69) is 52.2 Å². The summed E-state index contributed by atoms with van der Waals surface area (Å²) in [5.74, 6) is 0.233. The van der Waals surface area contributed by atoms with Gasteiger partial charge < -0.3 is 9.80 Å². The Labute approximate surface area is 156 Å². The highest BCUT2D eigenvalue weighted by Crippen LogP contribution is 2.17. The SMILES string of the molecule is CN(CCc1ccccc1)C1CCCN(C(=O)CCc2cnccn2)C1. The van der Waals surface area contributed by atoms with E-state index in [1.54, 1.807) is 18.6 Å². The third-order valence-corrected chi connectivity index (χ3v) is 5.18. The molecule has 26 heavy (non-hydrogen) atoms. The lowest BCUT2D eigenvalue weighted by molar-refractivity contribution is -0.133. The summed E-state index contributed by atoms with van der Waals surface area (Å²) in [6.45, 7) is 2.74. The van der Waals surface area contributed by atoms with Gasteiger partial charge in [-0.25, -0.2) is 0 Å². The number of hydrogen-bond donors (Lipinski definition) is 0. The van der Waals surface area contributed by atoms with Crippen molar-refractivity contribution >= 4 is 5.91 Å². The van der Waals surface area contributed by atoms with Gasteiger partial charge in [0.1, 0.15) is 0 Å². The van der Waals surface area contributed by atoms with Crippen LogP contribution in [0.25, 0.3) is 0 Å². The lowest BCUT2D eigenvalue weighted by Gasteiger charge is -2.37. The van der Waals surface area contributed by atoms with E-state index in [-0.39, 0.29) is 5.91 Å². The van der Waals surface area contributed by atoms with Crippen LogP contribution < -0.4 is 0 Å². The molecule has 1 aliphatic heterocycles. The quantitative estimate of drug-likeness (QED) is 0.768. The first-order chi connectivity index (χ1) is 12.7. The standard InChI is InChI=1S/C21H28N4O/c1-24(15-11-18-6-3-2-4-7-18)20-8-5-14-25(17-20)21(26)10-9-19-16-22-12-13-23-19/h2-4,6-7,12-13,16,20H,5,8-11,14-15,17H2,1H3. The normalized spacial score (nSPS) is 17.5. The van der Waals surface area contributed by atoms with Crippen LogP contribution >= 0.6 is 0 Å². The maximum absolute atomic E-state index is 12.6. The highest BCUT2D eigenvalue weighted by atomic mass is 16.2. The van der Waals surface area contributed by atoms with Crippen LogP contribution in [0.4, 0.5) is 0 Å². The molecule has 2 heterocycles. The topological polar surface area (TPSA) is 49.3 Å². The molecule has 3 rings (SSSR count). The predicted molar refractivity (Wildman–Crippen MR) is 103 cm³/mol. The number of aryl methyl sites for hydroxylation is 1. The van der Waals surface area contributed by atoms with Gasteiger partial charge in [-0.05, 0) is 38.3 Å². The Balaban J connectivity index is 1.46. The van der Waals surface area contributed by atoms with Gasteiger partial charge in [0, 0.05) is 50.7 Å². The van der Waals surface area contributed by atoms with Crippen LogP contribution in [0.2, 0.25) is 0 Å². The number of carbonyl (C=O) groups is 1. The Morgan fingerprint density at radius 1 is 1.23 bits per heavy atom. The van der Waals surface area contributed by atoms with Gasteiger partial charge >= 0.3 is 0 Å². The van der Waals surface area contributed by atoms with Crippen LogP contribution in [0.1, 0.15) is 30.5 Å². The van der Waals surface area contributed by atoms with Crippen molar-refractivity contribution in [2.75, 3.05) is 26.7 Å². The number of carbonyl (C=O) groups excluding carboxylic acids is 1. The van der Waals surface area contributed by atoms with Gasteiger partial charge in [0.25, 0.3) is 0 Å². The molecule has 1 unspecified atom stereocenters. The second-order valence-electron chi connectivity index (χ2n) is 7.05. The summed E-state index contributed by atoms with van der Waals surface area (Å²) in [6, 6.07) is 11.0. The molecule has 1 aromatic carbocycles. The first-order valence-electron chi connectivity index (χ1n) is 9.49. The fourth-order valence-corrected chi connectivity index (χ4v) is 3.53. The van der Waals surface area contributed by atoms with E-state index in [0.29, 0.717) is 18.9 Å². The van der Waals surface area contributed by atoms with E-state index in [0.717, 1.165) is 38.2 Å². The van der Waals surface area contributed by atoms with Crippen molar-refractivity contribution in [1.29, 1.82) is 0 Å². The van der Waals surface area contributed by atoms with Gasteiger partial charge in [-0.15, -0.1) is 0 Å². The number of nitrogens with zero attached hydrogens (tertiary/aromatic N) is 4. The molecule has 1 saturated heterocycles. The van der Waals surface area contributed by atoms with E-state index in [1.165, 1.54) is 12.0 Å². The first kappa shape index (κ1) is 18.5. The molecule has 0 N–H and O–H groups in total. The average Bonchev–Trinajstić information content (AvgIpc) is 2.72. The summed E-state index contributed by atoms with van der Waals surface area (Å²) in [5.41, 5.74) is 2.25. The molecule has 1 aromatic heterocycles. The van der Waals surface area contributed by atoms with Crippen molar-refractivity contribution in [2.24, 2.45) is 0 Å². The third-order valence-electron chi connectivity index (χ3n) is 5.18. The maximum Gasteiger partial charge on any atom is 0.223 e. The minimum Gasteiger partial charge on any atom is -0.341 e. The number of aromatic nitrogens is 2. The van der Waals surface area contributed by atoms with Gasteiger partial charge in [-0.3, -0.25) is 14.8 Å². The zero-order valence-electron chi connectivity index (χ0n) is 15.6. The van der Waals surface area contributed by atoms with Gasteiger partial charge in [0.2, 0.25) is 5.91 Å². The van der Waals surface area contributed by atoms with Gasteiger partial charge in [0.05, 0.1) is 5.69 Å². The molecular weight excluding hydrogens is 324 g/mol. The van der Waals surface area contributed by atoms with Crippen LogP contribution in [-0.2, 0) is 17.6 Å². The molecule has 1 aliphatic rings. The van der Waals surface area contributed by atoms with Crippen LogP contribution in [0, 0.1) is 0 Å². The van der Waals surface area contributed by atoms with Crippen LogP contribution in [0.15, 0.2) is 48.9 Å². The van der Waals surface area contributed by atoms with Crippen molar-refractivity contribution in [2.45, 2.75) is 38.1 Å². The lowest BCUT2D eigenvalue weighted by Crippen LogP contribution is -2.49. The van der Waals surface area contributed by atoms with Crippen molar-refractivity contribution in [3.8, 4) is 0 Å². The molecule has 0 bridgehead atoms. The number of benzene rings is 1. The minimum atomic E-state index is 0.233. The highest BCUT2D eigenvalue weighted by Gasteiger charge is 2.25. The largest absolute Gasteiger partial charge is 0.341 e. The molecule has 0 aliphatic carbocycles. The zero-order valence-corrected chi connectivity index (χ0v) is 15.6. The molecule has 1 amide bonds. The van der Waals surface area contributed by atoms with Crippen molar-refractivity contribution in [3.63, 3.8) is 0 Å². The van der Waals surface area contributed by atoms with E-state index in [4.69, 9.17) is 0 Å². The number of hydrogen-bond acceptors (Lipinski definition) is 4. The van der Waals surface area contributed by atoms with Gasteiger partial charge in [-0.2, -0.15) is 0 Å². The van der Waals surface area contributed by atoms with E-state index < -0.39 is 0 Å². The second kappa shape index (κ2) is 9.43. The van der Waals surface area contributed by atoms with Crippen LogP contribution in [-0.4, -0.2) is 58.4 Å². The first-order valence-corrected chi connectivity index (χ1v) is 9.49. The zero-order chi connectivity index (χ0) is 18.2. The Morgan fingerprint density at radius 2 is 2.08 bits per heavy atom. The summed E-state index contributed by atoms with van der Waals surface area (Å²) in [4.78, 5) is 25.3. The number of rotatable bonds is 7. The van der Waals surface area contributed by atoms with Crippen molar-refractivity contribution < 1.29 is 4.79 Å². The van der Waals surface area contributed by atoms with Gasteiger partial charge in [0.15, 0.2) is 0 Å². The predicted octanol–water partition coefficient (Wildman–Crippen LogP) is 2.57. The van der Waals surface area contributed by atoms with Crippen molar-refractivity contribution in [3.05, 3.63) is 60.2 Å². The summed E-state index contributed by atoms with van der Waals surface area (Å²) < 4.78 is 0. The monoisotopic (exact) mass is 352 g/mol. The average molecular weight is 352 g/mol. The number of piperidine rings is 1. The number of likely N-dealkylation sites (N-methyl/N-ethyl adjacent to an activating group) is 1. The molecule has 1 fully saturated rings. The molecular formula is C21H28N4O.